The third-order valence-corrected chi connectivity index (χ3v) is 14.9. The Labute approximate surface area is 493 Å². The number of carboxylic acid groups (broad SMARTS) is 2. The summed E-state index contributed by atoms with van der Waals surface area (Å²) in [5.41, 5.74) is 13.9. The Balaban J connectivity index is 1.60. The molecule has 1 aliphatic heterocycles. The van der Waals surface area contributed by atoms with Gasteiger partial charge in [0.15, 0.2) is 0 Å². The van der Waals surface area contributed by atoms with Crippen LogP contribution in [0.15, 0.2) is 85.1 Å². The highest BCUT2D eigenvalue weighted by molar-refractivity contribution is 7.98. The third-order valence-electron chi connectivity index (χ3n) is 13.6. The molecule has 9 atom stereocenters. The molecule has 5 rings (SSSR count). The highest BCUT2D eigenvalue weighted by Crippen LogP contribution is 2.20. The Kier molecular flexibility index (Phi) is 26.8. The van der Waals surface area contributed by atoms with Crippen LogP contribution in [0.3, 0.4) is 0 Å². The van der Waals surface area contributed by atoms with Gasteiger partial charge in [-0.1, -0.05) is 60.7 Å². The van der Waals surface area contributed by atoms with Crippen molar-refractivity contribution in [1.29, 1.82) is 0 Å². The van der Waals surface area contributed by atoms with Crippen molar-refractivity contribution in [2.45, 2.75) is 119 Å². The van der Waals surface area contributed by atoms with E-state index in [1.807, 2.05) is 0 Å². The number of nitrogens with one attached hydrogen (secondary N) is 10. The van der Waals surface area contributed by atoms with Crippen LogP contribution in [0.25, 0.3) is 10.9 Å². The number of phenols is 1. The van der Waals surface area contributed by atoms with Gasteiger partial charge in [-0.3, -0.25) is 52.7 Å². The summed E-state index contributed by atoms with van der Waals surface area (Å²) in [4.78, 5) is 156. The van der Waals surface area contributed by atoms with Crippen molar-refractivity contribution in [1.82, 2.24) is 52.8 Å². The van der Waals surface area contributed by atoms with Gasteiger partial charge >= 0.3 is 11.9 Å². The molecule has 84 heavy (non-hydrogen) atoms. The molecule has 1 aliphatic rings. The van der Waals surface area contributed by atoms with Gasteiger partial charge in [0.05, 0.1) is 18.9 Å². The van der Waals surface area contributed by atoms with Gasteiger partial charge in [-0.15, -0.1) is 0 Å². The highest BCUT2D eigenvalue weighted by atomic mass is 32.2. The number of phenolic OH excluding ortho intramolecular Hbond substituents is 1. The Morgan fingerprint density at radius 1 is 0.619 bits per heavy atom. The molecule has 26 nitrogen and oxygen atoms in total. The number of fused-ring (bicyclic) bond motifs is 1. The van der Waals surface area contributed by atoms with E-state index >= 15 is 4.79 Å². The highest BCUT2D eigenvalue weighted by Gasteiger charge is 2.37. The molecule has 0 saturated carbocycles. The number of amides is 9. The molecule has 9 amide bonds. The van der Waals surface area contributed by atoms with Gasteiger partial charge in [-0.2, -0.15) is 23.5 Å². The first-order valence-corrected chi connectivity index (χ1v) is 29.9. The van der Waals surface area contributed by atoms with Crippen molar-refractivity contribution in [2.24, 2.45) is 11.5 Å². The number of aliphatic carboxylic acids is 2. The lowest BCUT2D eigenvalue weighted by atomic mass is 10.0. The number of carboxylic acids is 2. The minimum atomic E-state index is -1.79. The topological polar surface area (TPSA) is 425 Å². The maximum absolute atomic E-state index is 15.0. The summed E-state index contributed by atoms with van der Waals surface area (Å²) < 4.78 is 0. The van der Waals surface area contributed by atoms with Crippen LogP contribution in [0.1, 0.15) is 61.6 Å². The van der Waals surface area contributed by atoms with E-state index in [0.717, 1.165) is 0 Å². The summed E-state index contributed by atoms with van der Waals surface area (Å²) in [6.45, 7) is -0.493. The van der Waals surface area contributed by atoms with E-state index in [2.05, 4.69) is 52.8 Å². The van der Waals surface area contributed by atoms with E-state index in [4.69, 9.17) is 11.5 Å². The third kappa shape index (κ3) is 21.2. The van der Waals surface area contributed by atoms with Crippen molar-refractivity contribution in [2.75, 3.05) is 37.1 Å². The number of aromatic amines is 1. The average molecular weight is 1200 g/mol. The summed E-state index contributed by atoms with van der Waals surface area (Å²) in [5.74, 6) is -11.1. The first-order chi connectivity index (χ1) is 40.2. The summed E-state index contributed by atoms with van der Waals surface area (Å²) in [7, 11) is 0. The molecule has 0 bridgehead atoms. The maximum Gasteiger partial charge on any atom is 0.305 e. The number of aromatic hydroxyl groups is 1. The molecule has 3 aromatic carbocycles. The fraction of sp³-hybridized carbons (Fsp3) is 0.446. The molecular weight excluding hydrogens is 1130 g/mol. The number of rotatable bonds is 26. The molecule has 17 N–H and O–H groups in total. The zero-order valence-electron chi connectivity index (χ0n) is 46.5. The fourth-order valence-corrected chi connectivity index (χ4v) is 9.96. The van der Waals surface area contributed by atoms with Crippen molar-refractivity contribution >= 4 is 99.5 Å². The standard InChI is InChI=1S/C56H74N12O14S2/c1-83-22-19-39-50(76)67-44(28-47(72)73)55(81)65-42(24-31-10-4-3-5-11-31)53(79)61-38(14-8-9-21-57)49(75)60-30-45(56(82)66-43(54(80)63-39)26-33-29-59-37-13-7-6-12-35(33)37)68-51(77)40(20-23-84-2)62-52(78)41(25-32-15-17-34(69)18-16-32)64-48(74)36(58)27-46(70)71/h3-7,10-13,15-18,29,36,38-45,59,69H,8-9,14,19-28,30,57-58H2,1-2H3,(H,60,75)(H,61,79)(H,62,78)(H,63,80)(H,64,74)(H,65,81)(H,66,82)(H,67,76)(H,68,77)(H,70,71)(H,72,73)/t36-,38-,39-,40-,41-,42-,43-,44-,45?/m0/s1. The molecular formula is C56H74N12O14S2. The minimum absolute atomic E-state index is 0.0299. The molecule has 454 valence electrons. The number of thioether (sulfide) groups is 2. The van der Waals surface area contributed by atoms with E-state index in [1.165, 1.54) is 47.8 Å². The van der Waals surface area contributed by atoms with E-state index in [1.54, 1.807) is 73.3 Å². The van der Waals surface area contributed by atoms with Crippen LogP contribution >= 0.6 is 23.5 Å². The monoisotopic (exact) mass is 1200 g/mol. The molecule has 1 unspecified atom stereocenters. The quantitative estimate of drug-likeness (QED) is 0.0329. The molecule has 1 saturated heterocycles. The van der Waals surface area contributed by atoms with Crippen molar-refractivity contribution < 1.29 is 68.1 Å². The second-order valence-electron chi connectivity index (χ2n) is 20.0. The number of hydrogen-bond acceptors (Lipinski definition) is 16. The Bertz CT molecular complexity index is 2930. The van der Waals surface area contributed by atoms with Crippen LogP contribution in [0.5, 0.6) is 5.75 Å². The Morgan fingerprint density at radius 2 is 1.20 bits per heavy atom. The average Bonchev–Trinajstić information content (AvgIpc) is 3.90. The second kappa shape index (κ2) is 33.8. The molecule has 4 aromatic rings. The molecule has 1 aromatic heterocycles. The molecule has 1 fully saturated rings. The number of aromatic nitrogens is 1. The summed E-state index contributed by atoms with van der Waals surface area (Å²) >= 11 is 2.61. The predicted molar refractivity (Wildman–Crippen MR) is 314 cm³/mol. The van der Waals surface area contributed by atoms with Gasteiger partial charge in [0.2, 0.25) is 53.2 Å². The summed E-state index contributed by atoms with van der Waals surface area (Å²) in [6, 6.07) is 7.22. The fourth-order valence-electron chi connectivity index (χ4n) is 9.02. The van der Waals surface area contributed by atoms with E-state index in [0.29, 0.717) is 34.0 Å². The molecule has 0 radical (unpaired) electrons. The largest absolute Gasteiger partial charge is 0.508 e. The van der Waals surface area contributed by atoms with Crippen LogP contribution in [-0.2, 0) is 72.0 Å². The van der Waals surface area contributed by atoms with Gasteiger partial charge in [0.1, 0.15) is 54.1 Å². The normalized spacial score (nSPS) is 20.3. The first-order valence-electron chi connectivity index (χ1n) is 27.1. The van der Waals surface area contributed by atoms with Crippen LogP contribution < -0.4 is 59.3 Å². The number of benzene rings is 3. The Hall–Kier alpha value is -8.21. The molecule has 0 spiro atoms. The molecule has 0 aliphatic carbocycles. The van der Waals surface area contributed by atoms with E-state index in [-0.39, 0.29) is 68.7 Å². The number of para-hydroxylation sites is 1. The number of hydrogen-bond donors (Lipinski definition) is 15. The van der Waals surface area contributed by atoms with Crippen LogP contribution in [0.4, 0.5) is 0 Å². The summed E-state index contributed by atoms with van der Waals surface area (Å²) in [6.07, 6.45) is 3.26. The van der Waals surface area contributed by atoms with Crippen molar-refractivity contribution in [3.05, 3.63) is 102 Å². The van der Waals surface area contributed by atoms with Gasteiger partial charge in [0, 0.05) is 42.9 Å². The van der Waals surface area contributed by atoms with E-state index in [9.17, 15) is 63.3 Å². The lowest BCUT2D eigenvalue weighted by Gasteiger charge is -2.28. The molecule has 28 heteroatoms. The van der Waals surface area contributed by atoms with Crippen molar-refractivity contribution in [3.8, 4) is 5.75 Å². The van der Waals surface area contributed by atoms with Crippen LogP contribution in [0.2, 0.25) is 0 Å². The van der Waals surface area contributed by atoms with Gasteiger partial charge < -0.3 is 79.6 Å². The number of carbonyl (C=O) groups excluding carboxylic acids is 9. The second-order valence-corrected chi connectivity index (χ2v) is 22.0. The Morgan fingerprint density at radius 3 is 1.86 bits per heavy atom. The number of nitrogens with two attached hydrogens (primary N) is 2. The molecule has 2 heterocycles. The lowest BCUT2D eigenvalue weighted by molar-refractivity contribution is -0.141. The number of unbranched alkanes of at least 4 members (excludes halogenated alkanes) is 1. The lowest BCUT2D eigenvalue weighted by Crippen LogP contribution is -2.62. The van der Waals surface area contributed by atoms with Gasteiger partial charge in [-0.25, -0.2) is 0 Å². The first kappa shape index (κ1) is 66.6. The smallest absolute Gasteiger partial charge is 0.305 e. The predicted octanol–water partition coefficient (Wildman–Crippen LogP) is -1.18. The zero-order chi connectivity index (χ0) is 61.3. The van der Waals surface area contributed by atoms with Crippen LogP contribution in [0, 0.1) is 0 Å². The number of H-pyrrole nitrogens is 1. The SMILES string of the molecule is CSCC[C@H](NC(=O)[C@H](Cc1ccc(O)cc1)NC(=O)[C@@H](N)CC(=O)O)C(=O)NC1CNC(=O)[C@H](CCCCN)NC(=O)[C@H](Cc2ccccc2)NC(=O)[C@H](CC(=O)O)NC(=O)[C@H](CCSC)NC(=O)[C@H](Cc2c[nH]c3ccccc23)NC1=O. The van der Waals surface area contributed by atoms with Gasteiger partial charge in [0.25, 0.3) is 0 Å². The van der Waals surface area contributed by atoms with Crippen molar-refractivity contribution in [3.63, 3.8) is 0 Å². The minimum Gasteiger partial charge on any atom is -0.508 e. The zero-order valence-corrected chi connectivity index (χ0v) is 48.1. The van der Waals surface area contributed by atoms with E-state index < -0.39 is 139 Å². The maximum atomic E-state index is 15.0. The van der Waals surface area contributed by atoms with Crippen LogP contribution in [-0.4, -0.2) is 177 Å². The summed E-state index contributed by atoms with van der Waals surface area (Å²) in [5, 5.41) is 53.3. The number of carbonyl (C=O) groups is 11. The van der Waals surface area contributed by atoms with Gasteiger partial charge in [-0.05, 0) is 97.6 Å².